The minimum atomic E-state index is -0.771. The Kier molecular flexibility index (Phi) is 8.94. The van der Waals surface area contributed by atoms with Crippen LogP contribution in [0.25, 0.3) is 0 Å². The highest BCUT2D eigenvalue weighted by Crippen LogP contribution is 2.39. The largest absolute Gasteiger partial charge is 0.493 e. The van der Waals surface area contributed by atoms with E-state index in [4.69, 9.17) is 33.0 Å². The average molecular weight is 415 g/mol. The van der Waals surface area contributed by atoms with E-state index < -0.39 is 12.1 Å². The lowest BCUT2D eigenvalue weighted by atomic mass is 9.92. The van der Waals surface area contributed by atoms with E-state index in [-0.39, 0.29) is 23.6 Å². The number of ether oxygens (including phenoxy) is 1. The first kappa shape index (κ1) is 22.1. The van der Waals surface area contributed by atoms with Gasteiger partial charge in [-0.3, -0.25) is 4.79 Å². The van der Waals surface area contributed by atoms with Crippen molar-refractivity contribution in [3.63, 3.8) is 0 Å². The lowest BCUT2D eigenvalue weighted by molar-refractivity contribution is -0.137. The average Bonchev–Trinajstić information content (AvgIpc) is 2.88. The number of carbonyl (C=O) groups is 1. The Morgan fingerprint density at radius 2 is 2.07 bits per heavy atom. The van der Waals surface area contributed by atoms with Crippen molar-refractivity contribution in [2.75, 3.05) is 6.61 Å². The van der Waals surface area contributed by atoms with Crippen molar-refractivity contribution in [2.24, 2.45) is 11.8 Å². The Balaban J connectivity index is 1.90. The van der Waals surface area contributed by atoms with Crippen LogP contribution in [-0.4, -0.2) is 34.3 Å². The van der Waals surface area contributed by atoms with E-state index in [1.54, 1.807) is 6.07 Å². The van der Waals surface area contributed by atoms with Crippen LogP contribution < -0.4 is 4.74 Å². The van der Waals surface area contributed by atoms with Crippen LogP contribution >= 0.6 is 23.2 Å². The Labute approximate surface area is 171 Å². The fourth-order valence-corrected chi connectivity index (χ4v) is 4.25. The van der Waals surface area contributed by atoms with E-state index in [2.05, 4.69) is 6.92 Å². The molecule has 1 aliphatic rings. The summed E-state index contributed by atoms with van der Waals surface area (Å²) in [7, 11) is 0. The van der Waals surface area contributed by atoms with Crippen molar-refractivity contribution >= 4 is 29.2 Å². The van der Waals surface area contributed by atoms with Gasteiger partial charge in [0.05, 0.1) is 12.7 Å². The second kappa shape index (κ2) is 10.9. The molecule has 1 saturated carbocycles. The van der Waals surface area contributed by atoms with E-state index in [1.807, 2.05) is 24.3 Å². The SMILES string of the molecule is CCc1cc(Cl)cc(OC[C@@H]2[C@@H](C/C=C\CCCC(=O)O)[C@H](Cl)C[C@H]2O)c1. The number of aliphatic carboxylic acids is 1. The van der Waals surface area contributed by atoms with E-state index in [9.17, 15) is 9.90 Å². The molecule has 0 unspecified atom stereocenters. The molecule has 2 rings (SSSR count). The third-order valence-electron chi connectivity index (χ3n) is 5.09. The molecule has 0 spiro atoms. The van der Waals surface area contributed by atoms with Crippen LogP contribution in [-0.2, 0) is 11.2 Å². The zero-order chi connectivity index (χ0) is 19.8. The molecule has 1 aromatic rings. The maximum Gasteiger partial charge on any atom is 0.303 e. The molecule has 4 atom stereocenters. The third kappa shape index (κ3) is 7.02. The van der Waals surface area contributed by atoms with Gasteiger partial charge in [-0.1, -0.05) is 30.7 Å². The van der Waals surface area contributed by atoms with Crippen molar-refractivity contribution in [1.82, 2.24) is 0 Å². The number of carboxylic acid groups (broad SMARTS) is 1. The number of aryl methyl sites for hydroxylation is 1. The van der Waals surface area contributed by atoms with Crippen molar-refractivity contribution in [1.29, 1.82) is 0 Å². The molecule has 1 aromatic carbocycles. The molecule has 0 bridgehead atoms. The van der Waals surface area contributed by atoms with Gasteiger partial charge in [-0.2, -0.15) is 0 Å². The van der Waals surface area contributed by atoms with E-state index >= 15 is 0 Å². The number of aliphatic hydroxyl groups excluding tert-OH is 1. The molecule has 150 valence electrons. The maximum absolute atomic E-state index is 10.5. The fraction of sp³-hybridized carbons (Fsp3) is 0.571. The van der Waals surface area contributed by atoms with Crippen LogP contribution in [0.3, 0.4) is 0 Å². The summed E-state index contributed by atoms with van der Waals surface area (Å²) in [5.74, 6) is 0.0302. The molecular formula is C21H28Cl2O4. The number of rotatable bonds is 10. The number of unbranched alkanes of at least 4 members (excludes halogenated alkanes) is 1. The summed E-state index contributed by atoms with van der Waals surface area (Å²) in [6.07, 6.45) is 7.29. The zero-order valence-electron chi connectivity index (χ0n) is 15.6. The lowest BCUT2D eigenvalue weighted by Crippen LogP contribution is -2.27. The zero-order valence-corrected chi connectivity index (χ0v) is 17.1. The van der Waals surface area contributed by atoms with Crippen molar-refractivity contribution < 1.29 is 19.7 Å². The molecule has 2 N–H and O–H groups in total. The summed E-state index contributed by atoms with van der Waals surface area (Å²) in [5.41, 5.74) is 1.11. The van der Waals surface area contributed by atoms with E-state index in [1.165, 1.54) is 0 Å². The third-order valence-corrected chi connectivity index (χ3v) is 5.81. The number of hydrogen-bond acceptors (Lipinski definition) is 3. The van der Waals surface area contributed by atoms with Crippen LogP contribution in [0.15, 0.2) is 30.4 Å². The van der Waals surface area contributed by atoms with E-state index in [0.717, 1.165) is 24.8 Å². The van der Waals surface area contributed by atoms with Crippen molar-refractivity contribution in [3.8, 4) is 5.75 Å². The molecule has 0 heterocycles. The summed E-state index contributed by atoms with van der Waals surface area (Å²) in [6.45, 7) is 2.46. The number of allylic oxidation sites excluding steroid dienone is 2. The molecule has 0 aliphatic heterocycles. The normalized spacial score (nSPS) is 25.2. The summed E-state index contributed by atoms with van der Waals surface area (Å²) in [5, 5.41) is 19.6. The monoisotopic (exact) mass is 414 g/mol. The molecule has 1 aliphatic carbocycles. The highest BCUT2D eigenvalue weighted by molar-refractivity contribution is 6.30. The molecule has 1 fully saturated rings. The molecular weight excluding hydrogens is 387 g/mol. The topological polar surface area (TPSA) is 66.8 Å². The van der Waals surface area contributed by atoms with Crippen molar-refractivity contribution in [3.05, 3.63) is 40.9 Å². The van der Waals surface area contributed by atoms with E-state index in [0.29, 0.717) is 30.2 Å². The lowest BCUT2D eigenvalue weighted by Gasteiger charge is -2.23. The Morgan fingerprint density at radius 3 is 2.78 bits per heavy atom. The van der Waals surface area contributed by atoms with Crippen LogP contribution in [0.4, 0.5) is 0 Å². The van der Waals surface area contributed by atoms with Crippen LogP contribution in [0.5, 0.6) is 5.75 Å². The van der Waals surface area contributed by atoms with Gasteiger partial charge >= 0.3 is 5.97 Å². The van der Waals surface area contributed by atoms with Gasteiger partial charge in [0.15, 0.2) is 0 Å². The van der Waals surface area contributed by atoms with Crippen LogP contribution in [0.1, 0.15) is 44.6 Å². The first-order valence-corrected chi connectivity index (χ1v) is 10.3. The van der Waals surface area contributed by atoms with Crippen molar-refractivity contribution in [2.45, 2.75) is 56.9 Å². The minimum Gasteiger partial charge on any atom is -0.493 e. The number of halogens is 2. The summed E-state index contributed by atoms with van der Waals surface area (Å²) < 4.78 is 5.94. The van der Waals surface area contributed by atoms with Crippen LogP contribution in [0.2, 0.25) is 5.02 Å². The summed E-state index contributed by atoms with van der Waals surface area (Å²) >= 11 is 12.6. The van der Waals surface area contributed by atoms with Gasteiger partial charge in [0.2, 0.25) is 0 Å². The van der Waals surface area contributed by atoms with Gasteiger partial charge in [0.25, 0.3) is 0 Å². The summed E-state index contributed by atoms with van der Waals surface area (Å²) in [4.78, 5) is 10.5. The molecule has 4 nitrogen and oxygen atoms in total. The van der Waals surface area contributed by atoms with Gasteiger partial charge in [0.1, 0.15) is 5.75 Å². The highest BCUT2D eigenvalue weighted by Gasteiger charge is 2.41. The van der Waals surface area contributed by atoms with Crippen LogP contribution in [0, 0.1) is 11.8 Å². The predicted molar refractivity (Wildman–Crippen MR) is 109 cm³/mol. The summed E-state index contributed by atoms with van der Waals surface area (Å²) in [6, 6.07) is 5.69. The molecule has 0 amide bonds. The fourth-order valence-electron chi connectivity index (χ4n) is 3.53. The van der Waals surface area contributed by atoms with Gasteiger partial charge in [-0.15, -0.1) is 11.6 Å². The first-order chi connectivity index (χ1) is 12.9. The van der Waals surface area contributed by atoms with Gasteiger partial charge in [-0.25, -0.2) is 0 Å². The first-order valence-electron chi connectivity index (χ1n) is 9.52. The smallest absolute Gasteiger partial charge is 0.303 e. The number of benzene rings is 1. The number of aliphatic hydroxyl groups is 1. The Bertz CT molecular complexity index is 647. The second-order valence-electron chi connectivity index (χ2n) is 7.10. The Hall–Kier alpha value is -1.23. The molecule has 0 aromatic heterocycles. The molecule has 27 heavy (non-hydrogen) atoms. The second-order valence-corrected chi connectivity index (χ2v) is 8.10. The highest BCUT2D eigenvalue weighted by atomic mass is 35.5. The molecule has 6 heteroatoms. The Morgan fingerprint density at radius 1 is 1.30 bits per heavy atom. The number of alkyl halides is 1. The van der Waals surface area contributed by atoms with Gasteiger partial charge < -0.3 is 14.9 Å². The van der Waals surface area contributed by atoms with Gasteiger partial charge in [-0.05, 0) is 61.8 Å². The molecule has 0 saturated heterocycles. The number of carboxylic acids is 1. The minimum absolute atomic E-state index is 0.0415. The standard InChI is InChI=1S/C21H28Cl2O4/c1-2-14-9-15(22)11-16(10-14)27-13-18-17(19(23)12-20(18)24)7-5-3-4-6-8-21(25)26/h3,5,9-11,17-20,24H,2,4,6-8,12-13H2,1H3,(H,25,26)/b5-3-/t17-,18-,19-,20-/m1/s1. The molecule has 0 radical (unpaired) electrons. The maximum atomic E-state index is 10.5. The van der Waals surface area contributed by atoms with Gasteiger partial charge in [0, 0.05) is 22.7 Å². The number of hydrogen-bond donors (Lipinski definition) is 2. The predicted octanol–water partition coefficient (Wildman–Crippen LogP) is 5.09. The quantitative estimate of drug-likeness (QED) is 0.318.